The highest BCUT2D eigenvalue weighted by atomic mass is 16.3. The van der Waals surface area contributed by atoms with Gasteiger partial charge in [-0.1, -0.05) is 6.92 Å². The minimum Gasteiger partial charge on any atom is -0.492 e. The van der Waals surface area contributed by atoms with Crippen LogP contribution in [0.25, 0.3) is 0 Å². The van der Waals surface area contributed by atoms with Crippen LogP contribution in [0.1, 0.15) is 19.8 Å². The van der Waals surface area contributed by atoms with Gasteiger partial charge in [-0.3, -0.25) is 5.01 Å². The molecular formula is C10H17N5O3. The summed E-state index contributed by atoms with van der Waals surface area (Å²) in [5, 5.41) is 32.5. The lowest BCUT2D eigenvalue weighted by atomic mass is 9.97. The minimum atomic E-state index is -0.783. The molecule has 0 aliphatic carbocycles. The molecule has 8 heteroatoms. The predicted octanol–water partition coefficient (Wildman–Crippen LogP) is -1.43. The van der Waals surface area contributed by atoms with Crippen LogP contribution in [0.5, 0.6) is 0 Å². The summed E-state index contributed by atoms with van der Waals surface area (Å²) in [7, 11) is 0. The fraction of sp³-hybridized carbons (Fsp3) is 0.700. The summed E-state index contributed by atoms with van der Waals surface area (Å²) in [6.07, 6.45) is 0.924. The molecule has 100 valence electrons. The van der Waals surface area contributed by atoms with Gasteiger partial charge < -0.3 is 15.3 Å². The normalized spacial score (nSPS) is 32.4. The lowest BCUT2D eigenvalue weighted by molar-refractivity contribution is -0.0127. The largest absolute Gasteiger partial charge is 0.492 e. The fourth-order valence-corrected chi connectivity index (χ4v) is 2.60. The van der Waals surface area contributed by atoms with Crippen molar-refractivity contribution in [3.05, 3.63) is 11.6 Å². The molecule has 8 nitrogen and oxygen atoms in total. The van der Waals surface area contributed by atoms with Gasteiger partial charge >= 0.3 is 0 Å². The maximum Gasteiger partial charge on any atom is 0.237 e. The van der Waals surface area contributed by atoms with E-state index >= 15 is 0 Å². The van der Waals surface area contributed by atoms with E-state index in [1.165, 1.54) is 6.34 Å². The zero-order chi connectivity index (χ0) is 12.9. The van der Waals surface area contributed by atoms with Gasteiger partial charge in [-0.2, -0.15) is 0 Å². The highest BCUT2D eigenvalue weighted by Crippen LogP contribution is 2.34. The molecule has 18 heavy (non-hydrogen) atoms. The molecule has 4 bridgehead atoms. The van der Waals surface area contributed by atoms with Gasteiger partial charge in [0.1, 0.15) is 18.1 Å². The van der Waals surface area contributed by atoms with E-state index in [9.17, 15) is 15.3 Å². The lowest BCUT2D eigenvalue weighted by Gasteiger charge is -2.33. The summed E-state index contributed by atoms with van der Waals surface area (Å²) in [5.74, 6) is -0.0261. The van der Waals surface area contributed by atoms with Crippen LogP contribution in [0.3, 0.4) is 0 Å². The Kier molecular flexibility index (Phi) is 2.67. The number of hydrogen-bond donors (Lipinski definition) is 5. The van der Waals surface area contributed by atoms with Crippen LogP contribution in [0.2, 0.25) is 0 Å². The van der Waals surface area contributed by atoms with Gasteiger partial charge in [-0.25, -0.2) is 15.5 Å². The molecule has 2 saturated heterocycles. The SMILES string of the molecule is CC[C@@H](O)[C@@H](O)CC1NN2NN3C=NC(O)=C2C13. The van der Waals surface area contributed by atoms with E-state index in [0.29, 0.717) is 18.5 Å². The average Bonchev–Trinajstić information content (AvgIpc) is 2.85. The Labute approximate surface area is 104 Å². The highest BCUT2D eigenvalue weighted by molar-refractivity contribution is 5.61. The zero-order valence-electron chi connectivity index (χ0n) is 9.98. The van der Waals surface area contributed by atoms with Crippen molar-refractivity contribution in [3.63, 3.8) is 0 Å². The molecule has 3 aliphatic heterocycles. The molecule has 3 rings (SSSR count). The van der Waals surface area contributed by atoms with E-state index in [2.05, 4.69) is 16.0 Å². The summed E-state index contributed by atoms with van der Waals surface area (Å²) in [5.41, 5.74) is 6.74. The summed E-state index contributed by atoms with van der Waals surface area (Å²) in [6.45, 7) is 1.83. The first-order valence-corrected chi connectivity index (χ1v) is 6.06. The summed E-state index contributed by atoms with van der Waals surface area (Å²) >= 11 is 0. The number of aliphatic imine (C=N–C) groups is 1. The molecular weight excluding hydrogens is 238 g/mol. The highest BCUT2D eigenvalue weighted by Gasteiger charge is 2.51. The van der Waals surface area contributed by atoms with E-state index in [1.54, 1.807) is 10.1 Å². The van der Waals surface area contributed by atoms with Crippen molar-refractivity contribution < 1.29 is 15.3 Å². The van der Waals surface area contributed by atoms with Crippen LogP contribution in [0.4, 0.5) is 0 Å². The first-order valence-electron chi connectivity index (χ1n) is 6.06. The van der Waals surface area contributed by atoms with Crippen LogP contribution in [0, 0.1) is 0 Å². The van der Waals surface area contributed by atoms with E-state index in [-0.39, 0.29) is 18.0 Å². The third-order valence-corrected chi connectivity index (χ3v) is 3.60. The summed E-state index contributed by atoms with van der Waals surface area (Å²) < 4.78 is 0. The minimum absolute atomic E-state index is 0.0261. The van der Waals surface area contributed by atoms with Gasteiger partial charge in [0, 0.05) is 0 Å². The van der Waals surface area contributed by atoms with Gasteiger partial charge in [0.05, 0.1) is 18.2 Å². The Bertz CT molecular complexity index is 412. The summed E-state index contributed by atoms with van der Waals surface area (Å²) in [6, 6.07) is -0.187. The Morgan fingerprint density at radius 3 is 2.94 bits per heavy atom. The molecule has 0 spiro atoms. The quantitative estimate of drug-likeness (QED) is 0.419. The Morgan fingerprint density at radius 1 is 1.44 bits per heavy atom. The third kappa shape index (κ3) is 1.57. The molecule has 3 aliphatic rings. The number of hydrazine groups is 3. The van der Waals surface area contributed by atoms with Crippen LogP contribution in [-0.4, -0.2) is 56.1 Å². The maximum atomic E-state index is 9.88. The molecule has 0 amide bonds. The van der Waals surface area contributed by atoms with E-state index in [4.69, 9.17) is 0 Å². The average molecular weight is 255 g/mol. The molecule has 3 heterocycles. The van der Waals surface area contributed by atoms with Crippen molar-refractivity contribution in [3.8, 4) is 0 Å². The predicted molar refractivity (Wildman–Crippen MR) is 62.6 cm³/mol. The van der Waals surface area contributed by atoms with Gasteiger partial charge in [-0.05, 0) is 12.8 Å². The molecule has 0 radical (unpaired) electrons. The standard InChI is InChI=1S/C10H17N5O3/c1-2-6(16)7(17)3-5-8-9-10(18)11-4-14(8)13-15(9)12-5/h4-8,12-13,16-18H,2-3H2,1H3/t5?,6-,7+,8?/m1/s1. The molecule has 0 aromatic rings. The lowest BCUT2D eigenvalue weighted by Crippen LogP contribution is -2.59. The van der Waals surface area contributed by atoms with Crippen LogP contribution in [-0.2, 0) is 0 Å². The molecule has 2 fully saturated rings. The molecule has 0 saturated carbocycles. The second kappa shape index (κ2) is 4.09. The molecule has 4 atom stereocenters. The molecule has 0 aromatic heterocycles. The topological polar surface area (TPSA) is 104 Å². The van der Waals surface area contributed by atoms with E-state index < -0.39 is 12.2 Å². The van der Waals surface area contributed by atoms with Crippen molar-refractivity contribution in [2.45, 2.75) is 44.1 Å². The van der Waals surface area contributed by atoms with E-state index in [0.717, 1.165) is 0 Å². The number of aliphatic hydroxyl groups excluding tert-OH is 3. The monoisotopic (exact) mass is 255 g/mol. The van der Waals surface area contributed by atoms with Crippen molar-refractivity contribution in [1.29, 1.82) is 0 Å². The van der Waals surface area contributed by atoms with Crippen molar-refractivity contribution >= 4 is 6.34 Å². The summed E-state index contributed by atoms with van der Waals surface area (Å²) in [4.78, 5) is 3.84. The van der Waals surface area contributed by atoms with Crippen molar-refractivity contribution in [1.82, 2.24) is 21.1 Å². The number of nitrogens with zero attached hydrogens (tertiary/aromatic N) is 3. The van der Waals surface area contributed by atoms with Gasteiger partial charge in [0.2, 0.25) is 5.88 Å². The van der Waals surface area contributed by atoms with Crippen molar-refractivity contribution in [2.75, 3.05) is 0 Å². The number of aliphatic hydroxyl groups is 3. The first kappa shape index (κ1) is 11.7. The van der Waals surface area contributed by atoms with Crippen LogP contribution < -0.4 is 11.0 Å². The Morgan fingerprint density at radius 2 is 2.22 bits per heavy atom. The van der Waals surface area contributed by atoms with Gasteiger partial charge in [-0.15, -0.1) is 5.53 Å². The van der Waals surface area contributed by atoms with Crippen LogP contribution in [0.15, 0.2) is 16.6 Å². The molecule has 0 aromatic carbocycles. The molecule has 5 N–H and O–H groups in total. The second-order valence-corrected chi connectivity index (χ2v) is 4.76. The Hall–Kier alpha value is -1.35. The molecule has 2 unspecified atom stereocenters. The van der Waals surface area contributed by atoms with Crippen molar-refractivity contribution in [2.24, 2.45) is 4.99 Å². The second-order valence-electron chi connectivity index (χ2n) is 4.76. The Balaban J connectivity index is 1.73. The number of nitrogens with one attached hydrogen (secondary N) is 2. The van der Waals surface area contributed by atoms with E-state index in [1.807, 2.05) is 6.92 Å². The smallest absolute Gasteiger partial charge is 0.237 e. The number of hydrogen-bond acceptors (Lipinski definition) is 8. The van der Waals surface area contributed by atoms with Gasteiger partial charge in [0.25, 0.3) is 0 Å². The maximum absolute atomic E-state index is 9.88. The zero-order valence-corrected chi connectivity index (χ0v) is 9.98. The number of rotatable bonds is 4. The van der Waals surface area contributed by atoms with Crippen LogP contribution >= 0.6 is 0 Å². The fourth-order valence-electron chi connectivity index (χ4n) is 2.60. The van der Waals surface area contributed by atoms with Gasteiger partial charge in [0.15, 0.2) is 0 Å². The third-order valence-electron chi connectivity index (χ3n) is 3.60. The first-order chi connectivity index (χ1) is 8.61.